The third-order valence-electron chi connectivity index (χ3n) is 4.69. The van der Waals surface area contributed by atoms with E-state index in [4.69, 9.17) is 0 Å². The van der Waals surface area contributed by atoms with Crippen molar-refractivity contribution in [1.82, 2.24) is 0 Å². The molecule has 1 aromatic rings. The van der Waals surface area contributed by atoms with Gasteiger partial charge in [0.15, 0.2) is 0 Å². The van der Waals surface area contributed by atoms with Crippen LogP contribution in [0.5, 0.6) is 0 Å². The number of carboxylic acid groups (broad SMARTS) is 1. The van der Waals surface area contributed by atoms with Crippen molar-refractivity contribution in [3.63, 3.8) is 0 Å². The van der Waals surface area contributed by atoms with Gasteiger partial charge in [-0.3, -0.25) is 9.59 Å². The second-order valence-electron chi connectivity index (χ2n) is 6.05. The first-order valence-corrected chi connectivity index (χ1v) is 7.84. The molecular formula is C16H17BrO3. The monoisotopic (exact) mass is 336 g/mol. The Morgan fingerprint density at radius 3 is 2.25 bits per heavy atom. The number of fused-ring (bicyclic) bond motifs is 1. The summed E-state index contributed by atoms with van der Waals surface area (Å²) >= 11 is 3.37. The summed E-state index contributed by atoms with van der Waals surface area (Å²) in [5, 5.41) is 9.34. The highest BCUT2D eigenvalue weighted by atomic mass is 79.9. The van der Waals surface area contributed by atoms with Crippen LogP contribution >= 0.6 is 15.9 Å². The van der Waals surface area contributed by atoms with Gasteiger partial charge in [0.2, 0.25) is 0 Å². The van der Waals surface area contributed by atoms with Crippen LogP contribution in [0.15, 0.2) is 28.7 Å². The molecule has 1 aromatic carbocycles. The Labute approximate surface area is 126 Å². The average Bonchev–Trinajstić information content (AvgIpc) is 3.18. The van der Waals surface area contributed by atoms with Gasteiger partial charge < -0.3 is 5.11 Å². The van der Waals surface area contributed by atoms with E-state index in [1.807, 2.05) is 24.3 Å². The summed E-state index contributed by atoms with van der Waals surface area (Å²) in [6, 6.07) is 7.66. The average molecular weight is 337 g/mol. The Hall–Kier alpha value is -1.16. The molecule has 4 atom stereocenters. The van der Waals surface area contributed by atoms with Crippen LogP contribution in [0.4, 0.5) is 0 Å². The molecule has 4 unspecified atom stereocenters. The summed E-state index contributed by atoms with van der Waals surface area (Å²) in [4.78, 5) is 23.8. The van der Waals surface area contributed by atoms with Gasteiger partial charge in [0.05, 0.1) is 5.92 Å². The van der Waals surface area contributed by atoms with E-state index in [1.165, 1.54) is 0 Å². The Morgan fingerprint density at radius 1 is 1.05 bits per heavy atom. The number of carbonyl (C=O) groups excluding carboxylic acids is 1. The van der Waals surface area contributed by atoms with Crippen LogP contribution in [0, 0.1) is 23.7 Å². The second kappa shape index (κ2) is 5.32. The molecule has 0 amide bonds. The number of ketones is 1. The van der Waals surface area contributed by atoms with E-state index in [9.17, 15) is 14.7 Å². The van der Waals surface area contributed by atoms with E-state index >= 15 is 0 Å². The molecule has 4 heteroatoms. The highest BCUT2D eigenvalue weighted by molar-refractivity contribution is 9.10. The minimum absolute atomic E-state index is 0.0880. The van der Waals surface area contributed by atoms with Crippen LogP contribution in [0.1, 0.15) is 24.8 Å². The molecule has 0 radical (unpaired) electrons. The molecule has 1 N–H and O–H groups in total. The van der Waals surface area contributed by atoms with Crippen molar-refractivity contribution in [2.45, 2.75) is 25.7 Å². The lowest BCUT2D eigenvalue weighted by molar-refractivity contribution is -0.148. The zero-order valence-corrected chi connectivity index (χ0v) is 12.7. The summed E-state index contributed by atoms with van der Waals surface area (Å²) < 4.78 is 0.982. The van der Waals surface area contributed by atoms with Gasteiger partial charge in [0.25, 0.3) is 0 Å². The molecule has 20 heavy (non-hydrogen) atoms. The number of Topliss-reactive ketones (excluding diaryl/α,β-unsaturated/α-hetero) is 1. The standard InChI is InChI=1S/C16H17BrO3/c17-12-3-1-9(2-4-12)5-15(18)13-7-10-6-11(10)8-14(13)16(19)20/h1-4,10-11,13-14H,5-8H2,(H,19,20). The SMILES string of the molecule is O=C(O)C1CC2CC2CC1C(=O)Cc1ccc(Br)cc1. The van der Waals surface area contributed by atoms with Crippen molar-refractivity contribution in [2.24, 2.45) is 23.7 Å². The molecule has 106 valence electrons. The lowest BCUT2D eigenvalue weighted by atomic mass is 9.76. The van der Waals surface area contributed by atoms with E-state index < -0.39 is 11.9 Å². The number of aliphatic carboxylic acids is 1. The van der Waals surface area contributed by atoms with Gasteiger partial charge in [-0.2, -0.15) is 0 Å². The van der Waals surface area contributed by atoms with E-state index in [0.29, 0.717) is 24.7 Å². The molecule has 2 aliphatic carbocycles. The van der Waals surface area contributed by atoms with E-state index in [1.54, 1.807) is 0 Å². The van der Waals surface area contributed by atoms with Gasteiger partial charge in [-0.15, -0.1) is 0 Å². The Bertz CT molecular complexity index is 537. The fourth-order valence-electron chi connectivity index (χ4n) is 3.43. The van der Waals surface area contributed by atoms with Crippen LogP contribution in [0.2, 0.25) is 0 Å². The van der Waals surface area contributed by atoms with E-state index in [2.05, 4.69) is 15.9 Å². The maximum absolute atomic E-state index is 12.5. The first-order valence-electron chi connectivity index (χ1n) is 7.04. The van der Waals surface area contributed by atoms with Crippen molar-refractivity contribution < 1.29 is 14.7 Å². The zero-order chi connectivity index (χ0) is 14.3. The molecule has 0 bridgehead atoms. The van der Waals surface area contributed by atoms with Crippen LogP contribution in [-0.2, 0) is 16.0 Å². The fourth-order valence-corrected chi connectivity index (χ4v) is 3.70. The molecule has 2 aliphatic rings. The lowest BCUT2D eigenvalue weighted by Crippen LogP contribution is -2.34. The summed E-state index contributed by atoms with van der Waals surface area (Å²) in [7, 11) is 0. The Morgan fingerprint density at radius 2 is 1.65 bits per heavy atom. The number of benzene rings is 1. The van der Waals surface area contributed by atoms with Crippen LogP contribution in [0.3, 0.4) is 0 Å². The highest BCUT2D eigenvalue weighted by Gasteiger charge is 2.50. The largest absolute Gasteiger partial charge is 0.481 e. The first kappa shape index (κ1) is 13.8. The maximum atomic E-state index is 12.5. The van der Waals surface area contributed by atoms with Gasteiger partial charge in [0, 0.05) is 16.8 Å². The number of carbonyl (C=O) groups is 2. The molecule has 2 fully saturated rings. The van der Waals surface area contributed by atoms with Gasteiger partial charge >= 0.3 is 5.97 Å². The molecule has 0 saturated heterocycles. The number of hydrogen-bond donors (Lipinski definition) is 1. The van der Waals surface area contributed by atoms with E-state index in [0.717, 1.165) is 22.9 Å². The van der Waals surface area contributed by atoms with Gasteiger partial charge in [-0.05, 0) is 48.8 Å². The zero-order valence-electron chi connectivity index (χ0n) is 11.1. The van der Waals surface area contributed by atoms with Gasteiger partial charge in [0.1, 0.15) is 5.78 Å². The first-order chi connectivity index (χ1) is 9.54. The minimum atomic E-state index is -0.801. The normalized spacial score (nSPS) is 31.4. The van der Waals surface area contributed by atoms with Crippen LogP contribution in [-0.4, -0.2) is 16.9 Å². The number of hydrogen-bond acceptors (Lipinski definition) is 2. The molecular weight excluding hydrogens is 320 g/mol. The smallest absolute Gasteiger partial charge is 0.307 e. The van der Waals surface area contributed by atoms with Crippen molar-refractivity contribution in [1.29, 1.82) is 0 Å². The molecule has 0 aromatic heterocycles. The summed E-state index contributed by atoms with van der Waals surface area (Å²) in [5.41, 5.74) is 0.959. The highest BCUT2D eigenvalue weighted by Crippen LogP contribution is 2.53. The number of carboxylic acids is 1. The van der Waals surface area contributed by atoms with Crippen molar-refractivity contribution in [3.8, 4) is 0 Å². The molecule has 0 aliphatic heterocycles. The minimum Gasteiger partial charge on any atom is -0.481 e. The third-order valence-corrected chi connectivity index (χ3v) is 5.22. The lowest BCUT2D eigenvalue weighted by Gasteiger charge is -2.27. The Balaban J connectivity index is 1.71. The van der Waals surface area contributed by atoms with Crippen LogP contribution < -0.4 is 0 Å². The summed E-state index contributed by atoms with van der Waals surface area (Å²) in [5.74, 6) is -0.312. The predicted molar refractivity (Wildman–Crippen MR) is 78.3 cm³/mol. The number of halogens is 1. The molecule has 2 saturated carbocycles. The summed E-state index contributed by atoms with van der Waals surface area (Å²) in [6.07, 6.45) is 2.93. The van der Waals surface area contributed by atoms with Crippen molar-refractivity contribution in [3.05, 3.63) is 34.3 Å². The second-order valence-corrected chi connectivity index (χ2v) is 6.96. The predicted octanol–water partition coefficient (Wildman–Crippen LogP) is 3.31. The summed E-state index contributed by atoms with van der Waals surface area (Å²) in [6.45, 7) is 0. The van der Waals surface area contributed by atoms with Crippen molar-refractivity contribution in [2.75, 3.05) is 0 Å². The fraction of sp³-hybridized carbons (Fsp3) is 0.500. The van der Waals surface area contributed by atoms with Gasteiger partial charge in [-0.1, -0.05) is 28.1 Å². The third kappa shape index (κ3) is 2.80. The van der Waals surface area contributed by atoms with Crippen LogP contribution in [0.25, 0.3) is 0 Å². The molecule has 3 nitrogen and oxygen atoms in total. The van der Waals surface area contributed by atoms with E-state index in [-0.39, 0.29) is 11.7 Å². The van der Waals surface area contributed by atoms with Crippen molar-refractivity contribution >= 4 is 27.7 Å². The molecule has 0 heterocycles. The number of rotatable bonds is 4. The molecule has 0 spiro atoms. The Kier molecular flexibility index (Phi) is 3.67. The topological polar surface area (TPSA) is 54.4 Å². The molecule has 3 rings (SSSR count). The maximum Gasteiger partial charge on any atom is 0.307 e. The van der Waals surface area contributed by atoms with Gasteiger partial charge in [-0.25, -0.2) is 0 Å². The quantitative estimate of drug-likeness (QED) is 0.917.